The molecule has 1 unspecified atom stereocenters. The lowest BCUT2D eigenvalue weighted by molar-refractivity contribution is -0.917. The lowest BCUT2D eigenvalue weighted by Crippen LogP contribution is -2.46. The Hall–Kier alpha value is -0.500. The Morgan fingerprint density at radius 2 is 1.93 bits per heavy atom. The summed E-state index contributed by atoms with van der Waals surface area (Å²) in [7, 11) is 2.03. The first kappa shape index (κ1) is 12.6. The molecule has 1 aromatic rings. The number of alkyl halides is 2. The van der Waals surface area contributed by atoms with Crippen molar-refractivity contribution >= 4 is 23.2 Å². The Morgan fingerprint density at radius 3 is 2.40 bits per heavy atom. The molecule has 0 aromatic heterocycles. The number of likely N-dealkylation sites (N-methyl/N-ethyl adjacent to an activating group) is 1. The lowest BCUT2D eigenvalue weighted by Gasteiger charge is -2.34. The maximum Gasteiger partial charge on any atom is 0.241 e. The fourth-order valence-corrected chi connectivity index (χ4v) is 1.81. The van der Waals surface area contributed by atoms with E-state index in [-0.39, 0.29) is 0 Å². The first-order valence-electron chi connectivity index (χ1n) is 4.86. The van der Waals surface area contributed by atoms with Crippen LogP contribution in [0.15, 0.2) is 43.0 Å². The molecule has 0 N–H and O–H groups in total. The molecule has 0 aliphatic heterocycles. The highest BCUT2D eigenvalue weighted by Gasteiger charge is 2.28. The average Bonchev–Trinajstić information content (AvgIpc) is 2.19. The maximum atomic E-state index is 6.00. The topological polar surface area (TPSA) is 0 Å². The highest BCUT2D eigenvalue weighted by Crippen LogP contribution is 2.22. The average molecular weight is 245 g/mol. The molecule has 0 amide bonds. The summed E-state index contributed by atoms with van der Waals surface area (Å²) in [6.45, 7) is 5.30. The molecule has 1 nitrogen and oxygen atoms in total. The molecule has 0 saturated carbocycles. The van der Waals surface area contributed by atoms with Crippen molar-refractivity contribution in [3.05, 3.63) is 48.6 Å². The van der Waals surface area contributed by atoms with E-state index in [1.807, 2.05) is 31.3 Å². The highest BCUT2D eigenvalue weighted by molar-refractivity contribution is 6.43. The molecule has 1 rings (SSSR count). The molecule has 0 bridgehead atoms. The molecule has 0 heterocycles. The van der Waals surface area contributed by atoms with Crippen LogP contribution in [-0.2, 0) is 6.54 Å². The van der Waals surface area contributed by atoms with Gasteiger partial charge in [-0.05, 0) is 29.3 Å². The van der Waals surface area contributed by atoms with Gasteiger partial charge in [0.15, 0.2) is 0 Å². The minimum Gasteiger partial charge on any atom is -0.291 e. The summed E-state index contributed by atoms with van der Waals surface area (Å²) in [5.74, 6) is 0. The molecule has 0 saturated heterocycles. The number of nitrogens with zero attached hydrogens (tertiary/aromatic N) is 1. The van der Waals surface area contributed by atoms with Crippen LogP contribution in [0.2, 0.25) is 0 Å². The van der Waals surface area contributed by atoms with Gasteiger partial charge in [0.1, 0.15) is 6.54 Å². The normalized spacial score (nSPS) is 14.9. The summed E-state index contributed by atoms with van der Waals surface area (Å²) in [5, 5.41) is 0. The van der Waals surface area contributed by atoms with E-state index in [4.69, 9.17) is 23.2 Å². The van der Waals surface area contributed by atoms with Crippen LogP contribution in [0.4, 0.5) is 0 Å². The SMILES string of the molecule is C=CC[N+](C)(Cc1ccccc1)C(Cl)Cl. The van der Waals surface area contributed by atoms with Gasteiger partial charge in [0, 0.05) is 5.56 Å². The molecule has 1 atom stereocenters. The Morgan fingerprint density at radius 1 is 1.33 bits per heavy atom. The van der Waals surface area contributed by atoms with E-state index in [9.17, 15) is 0 Å². The lowest BCUT2D eigenvalue weighted by atomic mass is 10.2. The molecular formula is C12H16Cl2N+. The van der Waals surface area contributed by atoms with Crippen LogP contribution in [-0.4, -0.2) is 23.0 Å². The summed E-state index contributed by atoms with van der Waals surface area (Å²) in [5.41, 5.74) is 1.23. The van der Waals surface area contributed by atoms with Gasteiger partial charge < -0.3 is 0 Å². The van der Waals surface area contributed by atoms with Gasteiger partial charge >= 0.3 is 0 Å². The molecule has 82 valence electrons. The molecule has 0 fully saturated rings. The quantitative estimate of drug-likeness (QED) is 0.322. The molecule has 1 aromatic carbocycles. The summed E-state index contributed by atoms with van der Waals surface area (Å²) < 4.78 is 0.552. The fraction of sp³-hybridized carbons (Fsp3) is 0.333. The second-order valence-corrected chi connectivity index (χ2v) is 4.92. The van der Waals surface area contributed by atoms with E-state index >= 15 is 0 Å². The van der Waals surface area contributed by atoms with E-state index in [1.165, 1.54) is 5.56 Å². The van der Waals surface area contributed by atoms with Crippen LogP contribution in [0, 0.1) is 0 Å². The van der Waals surface area contributed by atoms with Gasteiger partial charge in [-0.15, -0.1) is 0 Å². The van der Waals surface area contributed by atoms with Gasteiger partial charge in [0.05, 0.1) is 13.6 Å². The minimum absolute atomic E-state index is 0.441. The molecule has 0 radical (unpaired) electrons. The van der Waals surface area contributed by atoms with E-state index in [1.54, 1.807) is 0 Å². The summed E-state index contributed by atoms with van der Waals surface area (Å²) in [6.07, 6.45) is 1.85. The zero-order valence-electron chi connectivity index (χ0n) is 8.87. The van der Waals surface area contributed by atoms with Crippen LogP contribution in [0.1, 0.15) is 5.56 Å². The van der Waals surface area contributed by atoms with Crippen LogP contribution >= 0.6 is 23.2 Å². The summed E-state index contributed by atoms with van der Waals surface area (Å²) in [4.78, 5) is -0.441. The Balaban J connectivity index is 2.80. The number of benzene rings is 1. The Kier molecular flexibility index (Phi) is 4.65. The molecule has 3 heteroatoms. The third kappa shape index (κ3) is 3.53. The van der Waals surface area contributed by atoms with Crippen LogP contribution in [0.3, 0.4) is 0 Å². The highest BCUT2D eigenvalue weighted by atomic mass is 35.5. The maximum absolute atomic E-state index is 6.00. The van der Waals surface area contributed by atoms with Crippen LogP contribution < -0.4 is 0 Å². The van der Waals surface area contributed by atoms with Gasteiger partial charge in [-0.1, -0.05) is 36.9 Å². The molecule has 0 aliphatic rings. The number of rotatable bonds is 5. The van der Waals surface area contributed by atoms with Gasteiger partial charge in [-0.25, -0.2) is 0 Å². The van der Waals surface area contributed by atoms with Crippen molar-refractivity contribution in [1.29, 1.82) is 0 Å². The fourth-order valence-electron chi connectivity index (χ4n) is 1.51. The zero-order chi connectivity index (χ0) is 11.3. The minimum atomic E-state index is -0.441. The van der Waals surface area contributed by atoms with Crippen molar-refractivity contribution in [2.24, 2.45) is 0 Å². The van der Waals surface area contributed by atoms with E-state index < -0.39 is 4.96 Å². The largest absolute Gasteiger partial charge is 0.291 e. The first-order valence-corrected chi connectivity index (χ1v) is 5.73. The predicted molar refractivity (Wildman–Crippen MR) is 66.9 cm³/mol. The molecule has 15 heavy (non-hydrogen) atoms. The third-order valence-corrected chi connectivity index (χ3v) is 3.35. The standard InChI is InChI=1S/C12H16Cl2N/c1-3-9-15(2,12(13)14)10-11-7-5-4-6-8-11/h3-8,12H,1,9-10H2,2H3/q+1. The van der Waals surface area contributed by atoms with Crippen molar-refractivity contribution in [3.63, 3.8) is 0 Å². The number of quaternary nitrogens is 1. The smallest absolute Gasteiger partial charge is 0.241 e. The zero-order valence-corrected chi connectivity index (χ0v) is 10.4. The van der Waals surface area contributed by atoms with Crippen molar-refractivity contribution in [1.82, 2.24) is 0 Å². The van der Waals surface area contributed by atoms with E-state index in [2.05, 4.69) is 18.7 Å². The first-order chi connectivity index (χ1) is 7.08. The number of halogens is 2. The number of hydrogen-bond acceptors (Lipinski definition) is 0. The Labute approximate surface area is 102 Å². The molecule has 0 spiro atoms. The monoisotopic (exact) mass is 244 g/mol. The van der Waals surface area contributed by atoms with Crippen LogP contribution in [0.25, 0.3) is 0 Å². The van der Waals surface area contributed by atoms with Gasteiger partial charge in [-0.2, -0.15) is 0 Å². The molecular weight excluding hydrogens is 229 g/mol. The van der Waals surface area contributed by atoms with Crippen molar-refractivity contribution in [2.75, 3.05) is 13.6 Å². The van der Waals surface area contributed by atoms with Gasteiger partial charge in [0.25, 0.3) is 0 Å². The van der Waals surface area contributed by atoms with Crippen molar-refractivity contribution in [2.45, 2.75) is 11.5 Å². The molecule has 0 aliphatic carbocycles. The summed E-state index contributed by atoms with van der Waals surface area (Å²) >= 11 is 12.0. The third-order valence-electron chi connectivity index (χ3n) is 2.40. The summed E-state index contributed by atoms with van der Waals surface area (Å²) in [6, 6.07) is 10.2. The van der Waals surface area contributed by atoms with Crippen molar-refractivity contribution in [3.8, 4) is 0 Å². The van der Waals surface area contributed by atoms with Crippen LogP contribution in [0.5, 0.6) is 0 Å². The Bertz CT molecular complexity index is 311. The van der Waals surface area contributed by atoms with Gasteiger partial charge in [-0.3, -0.25) is 4.48 Å². The second kappa shape index (κ2) is 5.55. The second-order valence-electron chi connectivity index (χ2n) is 3.87. The van der Waals surface area contributed by atoms with Gasteiger partial charge in [0.2, 0.25) is 4.96 Å². The van der Waals surface area contributed by atoms with E-state index in [0.29, 0.717) is 4.48 Å². The van der Waals surface area contributed by atoms with Crippen molar-refractivity contribution < 1.29 is 4.48 Å². The number of hydrogen-bond donors (Lipinski definition) is 0. The predicted octanol–water partition coefficient (Wildman–Crippen LogP) is 3.58. The van der Waals surface area contributed by atoms with E-state index in [0.717, 1.165) is 13.1 Å².